The predicted molar refractivity (Wildman–Crippen MR) is 84.7 cm³/mol. The minimum Gasteiger partial charge on any atom is -0.493 e. The molecule has 2 aromatic rings. The predicted octanol–water partition coefficient (Wildman–Crippen LogP) is 3.97. The lowest BCUT2D eigenvalue weighted by molar-refractivity contribution is -0.141. The minimum absolute atomic E-state index is 0.104. The average Bonchev–Trinajstić information content (AvgIpc) is 3.04. The fourth-order valence-corrected chi connectivity index (χ4v) is 2.83. The number of thiophene rings is 1. The van der Waals surface area contributed by atoms with Crippen LogP contribution in [0.5, 0.6) is 11.5 Å². The zero-order valence-corrected chi connectivity index (χ0v) is 13.9. The first kappa shape index (κ1) is 18.1. The van der Waals surface area contributed by atoms with E-state index in [1.807, 2.05) is 0 Å². The van der Waals surface area contributed by atoms with Gasteiger partial charge in [0.2, 0.25) is 0 Å². The summed E-state index contributed by atoms with van der Waals surface area (Å²) in [6, 6.07) is 5.97. The van der Waals surface area contributed by atoms with Crippen LogP contribution in [0.3, 0.4) is 0 Å². The number of hydrogen-bond acceptors (Lipinski definition) is 4. The Kier molecular flexibility index (Phi) is 5.71. The third-order valence-corrected chi connectivity index (χ3v) is 3.97. The Bertz CT molecular complexity index is 686. The number of benzene rings is 1. The van der Waals surface area contributed by atoms with Crippen LogP contribution in [-0.4, -0.2) is 37.7 Å². The van der Waals surface area contributed by atoms with Gasteiger partial charge in [-0.25, -0.2) is 0 Å². The topological polar surface area (TPSA) is 38.8 Å². The zero-order valence-electron chi connectivity index (χ0n) is 13.1. The van der Waals surface area contributed by atoms with Crippen LogP contribution < -0.4 is 9.47 Å². The molecule has 4 nitrogen and oxygen atoms in total. The van der Waals surface area contributed by atoms with Gasteiger partial charge in [-0.2, -0.15) is 24.5 Å². The third-order valence-electron chi connectivity index (χ3n) is 3.24. The Hall–Kier alpha value is -2.22. The Morgan fingerprint density at radius 1 is 1.17 bits per heavy atom. The monoisotopic (exact) mass is 359 g/mol. The largest absolute Gasteiger partial charge is 0.493 e. The molecule has 0 fully saturated rings. The van der Waals surface area contributed by atoms with Crippen molar-refractivity contribution in [1.82, 2.24) is 4.90 Å². The SMILES string of the molecule is COc1ccc(C(=O)N(Cc2ccsc2)CC(F)(F)F)cc1OC. The van der Waals surface area contributed by atoms with E-state index in [0.29, 0.717) is 11.3 Å². The molecule has 0 saturated heterocycles. The van der Waals surface area contributed by atoms with Gasteiger partial charge in [0.25, 0.3) is 5.91 Å². The van der Waals surface area contributed by atoms with Gasteiger partial charge in [-0.15, -0.1) is 0 Å². The van der Waals surface area contributed by atoms with Crippen molar-refractivity contribution >= 4 is 17.2 Å². The molecule has 0 aliphatic carbocycles. The van der Waals surface area contributed by atoms with Crippen molar-refractivity contribution in [2.75, 3.05) is 20.8 Å². The van der Waals surface area contributed by atoms with Gasteiger partial charge >= 0.3 is 6.18 Å². The van der Waals surface area contributed by atoms with Crippen LogP contribution >= 0.6 is 11.3 Å². The summed E-state index contributed by atoms with van der Waals surface area (Å²) in [5.41, 5.74) is 0.755. The van der Waals surface area contributed by atoms with Crippen LogP contribution in [0.25, 0.3) is 0 Å². The van der Waals surface area contributed by atoms with E-state index >= 15 is 0 Å². The van der Waals surface area contributed by atoms with E-state index in [0.717, 1.165) is 4.90 Å². The normalized spacial score (nSPS) is 11.2. The molecular formula is C16H16F3NO3S. The average molecular weight is 359 g/mol. The molecule has 0 saturated carbocycles. The summed E-state index contributed by atoms with van der Waals surface area (Å²) in [6.45, 7) is -1.44. The lowest BCUT2D eigenvalue weighted by Gasteiger charge is -2.24. The number of amides is 1. The highest BCUT2D eigenvalue weighted by Crippen LogP contribution is 2.29. The molecule has 0 bridgehead atoms. The van der Waals surface area contributed by atoms with Crippen LogP contribution in [0.1, 0.15) is 15.9 Å². The molecule has 130 valence electrons. The van der Waals surface area contributed by atoms with Crippen molar-refractivity contribution in [3.63, 3.8) is 0 Å². The number of rotatable bonds is 6. The maximum absolute atomic E-state index is 12.8. The highest BCUT2D eigenvalue weighted by Gasteiger charge is 2.33. The van der Waals surface area contributed by atoms with E-state index in [1.165, 1.54) is 43.8 Å². The first-order valence-corrected chi connectivity index (χ1v) is 7.87. The van der Waals surface area contributed by atoms with Gasteiger partial charge < -0.3 is 14.4 Å². The summed E-state index contributed by atoms with van der Waals surface area (Å²) in [5, 5.41) is 3.47. The molecule has 1 heterocycles. The maximum atomic E-state index is 12.8. The van der Waals surface area contributed by atoms with Gasteiger partial charge in [-0.05, 0) is 40.6 Å². The van der Waals surface area contributed by atoms with Crippen molar-refractivity contribution in [3.8, 4) is 11.5 Å². The smallest absolute Gasteiger partial charge is 0.406 e. The highest BCUT2D eigenvalue weighted by molar-refractivity contribution is 7.07. The summed E-state index contributed by atoms with van der Waals surface area (Å²) in [4.78, 5) is 13.3. The minimum atomic E-state index is -4.48. The number of hydrogen-bond donors (Lipinski definition) is 0. The molecule has 1 aromatic heterocycles. The van der Waals surface area contributed by atoms with Gasteiger partial charge in [-0.3, -0.25) is 4.79 Å². The second kappa shape index (κ2) is 7.57. The molecule has 0 aliphatic heterocycles. The number of alkyl halides is 3. The van der Waals surface area contributed by atoms with Gasteiger partial charge in [0.15, 0.2) is 11.5 Å². The fraction of sp³-hybridized carbons (Fsp3) is 0.312. The summed E-state index contributed by atoms with van der Waals surface area (Å²) in [6.07, 6.45) is -4.48. The maximum Gasteiger partial charge on any atom is 0.406 e. The van der Waals surface area contributed by atoms with E-state index in [9.17, 15) is 18.0 Å². The zero-order chi connectivity index (χ0) is 17.7. The summed E-state index contributed by atoms with van der Waals surface area (Å²) in [7, 11) is 2.83. The van der Waals surface area contributed by atoms with Crippen molar-refractivity contribution in [2.24, 2.45) is 0 Å². The number of nitrogens with zero attached hydrogens (tertiary/aromatic N) is 1. The van der Waals surface area contributed by atoms with Crippen LogP contribution in [0.2, 0.25) is 0 Å². The number of methoxy groups -OCH3 is 2. The summed E-state index contributed by atoms with van der Waals surface area (Å²) >= 11 is 1.36. The third kappa shape index (κ3) is 4.64. The molecule has 1 aromatic carbocycles. The van der Waals surface area contributed by atoms with Crippen molar-refractivity contribution in [3.05, 3.63) is 46.2 Å². The number of ether oxygens (including phenoxy) is 2. The molecular weight excluding hydrogens is 343 g/mol. The Balaban J connectivity index is 2.29. The summed E-state index contributed by atoms with van der Waals surface area (Å²) in [5.74, 6) is -0.0421. The summed E-state index contributed by atoms with van der Waals surface area (Å²) < 4.78 is 48.7. The van der Waals surface area contributed by atoms with E-state index in [2.05, 4.69) is 0 Å². The lowest BCUT2D eigenvalue weighted by Crippen LogP contribution is -2.38. The number of carbonyl (C=O) groups excluding carboxylic acids is 1. The Morgan fingerprint density at radius 3 is 2.42 bits per heavy atom. The van der Waals surface area contributed by atoms with E-state index < -0.39 is 18.6 Å². The lowest BCUT2D eigenvalue weighted by atomic mass is 10.1. The Labute approximate surface area is 141 Å². The van der Waals surface area contributed by atoms with Crippen LogP contribution in [0, 0.1) is 0 Å². The Morgan fingerprint density at radius 2 is 1.88 bits per heavy atom. The van der Waals surface area contributed by atoms with Gasteiger partial charge in [0, 0.05) is 12.1 Å². The molecule has 0 aliphatic rings. The van der Waals surface area contributed by atoms with E-state index in [1.54, 1.807) is 16.8 Å². The molecule has 2 rings (SSSR count). The highest BCUT2D eigenvalue weighted by atomic mass is 32.1. The quantitative estimate of drug-likeness (QED) is 0.783. The van der Waals surface area contributed by atoms with Crippen LogP contribution in [0.15, 0.2) is 35.0 Å². The first-order valence-electron chi connectivity index (χ1n) is 6.93. The second-order valence-corrected chi connectivity index (χ2v) is 5.76. The van der Waals surface area contributed by atoms with Crippen molar-refractivity contribution < 1.29 is 27.4 Å². The first-order chi connectivity index (χ1) is 11.3. The molecule has 0 unspecified atom stereocenters. The van der Waals surface area contributed by atoms with E-state index in [-0.39, 0.29) is 17.9 Å². The number of carbonyl (C=O) groups is 1. The van der Waals surface area contributed by atoms with E-state index in [4.69, 9.17) is 9.47 Å². The van der Waals surface area contributed by atoms with Gasteiger partial charge in [0.1, 0.15) is 6.54 Å². The number of halogens is 3. The molecule has 0 radical (unpaired) electrons. The molecule has 0 spiro atoms. The second-order valence-electron chi connectivity index (χ2n) is 4.98. The molecule has 8 heteroatoms. The molecule has 0 atom stereocenters. The van der Waals surface area contributed by atoms with Crippen LogP contribution in [0.4, 0.5) is 13.2 Å². The molecule has 24 heavy (non-hydrogen) atoms. The molecule has 1 amide bonds. The molecule has 0 N–H and O–H groups in total. The fourth-order valence-electron chi connectivity index (χ4n) is 2.17. The van der Waals surface area contributed by atoms with Gasteiger partial charge in [0.05, 0.1) is 14.2 Å². The van der Waals surface area contributed by atoms with Crippen LogP contribution in [-0.2, 0) is 6.54 Å². The van der Waals surface area contributed by atoms with Crippen molar-refractivity contribution in [2.45, 2.75) is 12.7 Å². The van der Waals surface area contributed by atoms with Crippen molar-refractivity contribution in [1.29, 1.82) is 0 Å². The standard InChI is InChI=1S/C16H16F3NO3S/c1-22-13-4-3-12(7-14(13)23-2)15(21)20(10-16(17,18)19)8-11-5-6-24-9-11/h3-7,9H,8,10H2,1-2H3. The van der Waals surface area contributed by atoms with Gasteiger partial charge in [-0.1, -0.05) is 0 Å².